The molecule has 28 heavy (non-hydrogen) atoms. The largest absolute Gasteiger partial charge is 0.491 e. The van der Waals surface area contributed by atoms with Crippen LogP contribution in [0.1, 0.15) is 6.42 Å². The summed E-state index contributed by atoms with van der Waals surface area (Å²) in [5, 5.41) is 9.65. The van der Waals surface area contributed by atoms with E-state index in [0.29, 0.717) is 12.2 Å². The Labute approximate surface area is 172 Å². The zero-order valence-electron chi connectivity index (χ0n) is 14.5. The van der Waals surface area contributed by atoms with Gasteiger partial charge in [-0.1, -0.05) is 23.2 Å². The Morgan fingerprint density at radius 1 is 1.25 bits per heavy atom. The number of hydrogen-bond donors (Lipinski definition) is 1. The molecule has 0 spiro atoms. The van der Waals surface area contributed by atoms with Crippen molar-refractivity contribution in [1.29, 1.82) is 5.26 Å². The van der Waals surface area contributed by atoms with Gasteiger partial charge in [-0.05, 0) is 48.9 Å². The minimum Gasteiger partial charge on any atom is -0.491 e. The summed E-state index contributed by atoms with van der Waals surface area (Å²) in [7, 11) is -3.91. The minimum atomic E-state index is -3.91. The van der Waals surface area contributed by atoms with Crippen molar-refractivity contribution in [3.63, 3.8) is 0 Å². The van der Waals surface area contributed by atoms with E-state index in [4.69, 9.17) is 27.9 Å². The van der Waals surface area contributed by atoms with Gasteiger partial charge in [-0.15, -0.1) is 0 Å². The molecule has 0 radical (unpaired) electrons. The molecule has 2 atom stereocenters. The van der Waals surface area contributed by atoms with E-state index in [-0.39, 0.29) is 40.0 Å². The van der Waals surface area contributed by atoms with Crippen LogP contribution in [0.4, 0.5) is 4.39 Å². The quantitative estimate of drug-likeness (QED) is 0.691. The fourth-order valence-corrected chi connectivity index (χ4v) is 4.97. The number of hydrogen-bond acceptors (Lipinski definition) is 5. The van der Waals surface area contributed by atoms with Crippen LogP contribution >= 0.6 is 23.2 Å². The summed E-state index contributed by atoms with van der Waals surface area (Å²) in [5.74, 6) is 0.0926. The van der Waals surface area contributed by atoms with Crippen molar-refractivity contribution in [2.24, 2.45) is 0 Å². The molecule has 1 heterocycles. The van der Waals surface area contributed by atoms with E-state index in [1.807, 2.05) is 6.19 Å². The van der Waals surface area contributed by atoms with Crippen LogP contribution in [-0.2, 0) is 10.0 Å². The van der Waals surface area contributed by atoms with Gasteiger partial charge in [0.2, 0.25) is 10.0 Å². The van der Waals surface area contributed by atoms with Gasteiger partial charge in [0.25, 0.3) is 0 Å². The van der Waals surface area contributed by atoms with Gasteiger partial charge in [0.05, 0.1) is 11.1 Å². The van der Waals surface area contributed by atoms with Crippen molar-refractivity contribution in [3.8, 4) is 11.9 Å². The summed E-state index contributed by atoms with van der Waals surface area (Å²) in [6.07, 6.45) is 2.41. The second-order valence-corrected chi connectivity index (χ2v) is 8.83. The number of benzene rings is 2. The first kappa shape index (κ1) is 20.7. The molecule has 0 bridgehead atoms. The van der Waals surface area contributed by atoms with Crippen LogP contribution in [0.25, 0.3) is 0 Å². The van der Waals surface area contributed by atoms with Crippen molar-refractivity contribution in [3.05, 3.63) is 58.3 Å². The summed E-state index contributed by atoms with van der Waals surface area (Å²) in [4.78, 5) is 1.34. The van der Waals surface area contributed by atoms with Crippen molar-refractivity contribution in [2.75, 3.05) is 13.2 Å². The molecule has 1 aliphatic rings. The maximum Gasteiger partial charge on any atom is 0.242 e. The number of halogens is 3. The molecular weight excluding hydrogens is 428 g/mol. The lowest BCUT2D eigenvalue weighted by molar-refractivity contribution is 0.219. The lowest BCUT2D eigenvalue weighted by Crippen LogP contribution is -2.36. The third-order valence-electron chi connectivity index (χ3n) is 4.30. The molecule has 1 aliphatic heterocycles. The van der Waals surface area contributed by atoms with Gasteiger partial charge in [-0.2, -0.15) is 5.26 Å². The number of rotatable bonds is 6. The highest BCUT2D eigenvalue weighted by Crippen LogP contribution is 2.27. The summed E-state index contributed by atoms with van der Waals surface area (Å²) in [5.41, 5.74) is 0. The average Bonchev–Trinajstić information content (AvgIpc) is 3.04. The van der Waals surface area contributed by atoms with E-state index in [0.717, 1.165) is 0 Å². The number of nitrogens with zero attached hydrogens (tertiary/aromatic N) is 2. The van der Waals surface area contributed by atoms with Gasteiger partial charge >= 0.3 is 0 Å². The summed E-state index contributed by atoms with van der Waals surface area (Å²) >= 11 is 11.9. The first-order valence-corrected chi connectivity index (χ1v) is 10.5. The number of nitriles is 1. The SMILES string of the molecule is N#CN1C[C@H](NS(=O)(=O)c2cc(Cl)ccc2Cl)C[C@@H]1COc1ccc(F)cc1. The van der Waals surface area contributed by atoms with Crippen LogP contribution < -0.4 is 9.46 Å². The molecule has 2 aromatic rings. The third-order valence-corrected chi connectivity index (χ3v) is 6.54. The van der Waals surface area contributed by atoms with Crippen molar-refractivity contribution in [1.82, 2.24) is 9.62 Å². The Kier molecular flexibility index (Phi) is 6.30. The highest BCUT2D eigenvalue weighted by atomic mass is 35.5. The minimum absolute atomic E-state index is 0.0585. The maximum atomic E-state index is 13.0. The molecule has 148 valence electrons. The van der Waals surface area contributed by atoms with E-state index in [1.165, 1.54) is 47.4 Å². The smallest absolute Gasteiger partial charge is 0.242 e. The zero-order valence-corrected chi connectivity index (χ0v) is 16.8. The monoisotopic (exact) mass is 443 g/mol. The van der Waals surface area contributed by atoms with E-state index < -0.39 is 16.1 Å². The normalized spacial score (nSPS) is 19.4. The van der Waals surface area contributed by atoms with Crippen LogP contribution in [0.3, 0.4) is 0 Å². The van der Waals surface area contributed by atoms with Crippen LogP contribution in [0, 0.1) is 17.3 Å². The van der Waals surface area contributed by atoms with E-state index in [9.17, 15) is 18.1 Å². The number of nitrogens with one attached hydrogen (secondary N) is 1. The molecule has 0 unspecified atom stereocenters. The molecule has 0 aromatic heterocycles. The van der Waals surface area contributed by atoms with Crippen molar-refractivity contribution in [2.45, 2.75) is 23.4 Å². The van der Waals surface area contributed by atoms with Gasteiger partial charge in [-0.25, -0.2) is 17.5 Å². The number of sulfonamides is 1. The Morgan fingerprint density at radius 2 is 1.96 bits per heavy atom. The molecular formula is C18H16Cl2FN3O3S. The van der Waals surface area contributed by atoms with Crippen molar-refractivity contribution < 1.29 is 17.5 Å². The fraction of sp³-hybridized carbons (Fsp3) is 0.278. The first-order chi connectivity index (χ1) is 13.3. The Morgan fingerprint density at radius 3 is 2.64 bits per heavy atom. The molecule has 0 amide bonds. The van der Waals surface area contributed by atoms with Gasteiger partial charge in [0.1, 0.15) is 23.1 Å². The lowest BCUT2D eigenvalue weighted by Gasteiger charge is -2.18. The highest BCUT2D eigenvalue weighted by Gasteiger charge is 2.35. The summed E-state index contributed by atoms with van der Waals surface area (Å²) < 4.78 is 46.4. The van der Waals surface area contributed by atoms with E-state index >= 15 is 0 Å². The molecule has 0 aliphatic carbocycles. The third kappa shape index (κ3) is 4.86. The molecule has 2 aromatic carbocycles. The molecule has 3 rings (SSSR count). The van der Waals surface area contributed by atoms with Gasteiger partial charge in [0, 0.05) is 17.6 Å². The highest BCUT2D eigenvalue weighted by molar-refractivity contribution is 7.89. The van der Waals surface area contributed by atoms with Crippen LogP contribution in [0.15, 0.2) is 47.4 Å². The van der Waals surface area contributed by atoms with Crippen molar-refractivity contribution >= 4 is 33.2 Å². The Balaban J connectivity index is 1.66. The fourth-order valence-electron chi connectivity index (χ4n) is 2.97. The molecule has 6 nitrogen and oxygen atoms in total. The van der Waals surface area contributed by atoms with Gasteiger partial charge < -0.3 is 9.64 Å². The van der Waals surface area contributed by atoms with E-state index in [2.05, 4.69) is 4.72 Å². The van der Waals surface area contributed by atoms with Gasteiger partial charge in [0.15, 0.2) is 6.19 Å². The molecule has 1 saturated heterocycles. The predicted octanol–water partition coefficient (Wildman–Crippen LogP) is 3.41. The first-order valence-electron chi connectivity index (χ1n) is 8.30. The second-order valence-electron chi connectivity index (χ2n) is 6.30. The van der Waals surface area contributed by atoms with Crippen LogP contribution in [0.2, 0.25) is 10.0 Å². The topological polar surface area (TPSA) is 82.4 Å². The molecule has 10 heteroatoms. The summed E-state index contributed by atoms with van der Waals surface area (Å²) in [6.45, 7) is 0.362. The summed E-state index contributed by atoms with van der Waals surface area (Å²) in [6, 6.07) is 8.89. The van der Waals surface area contributed by atoms with Crippen LogP contribution in [0.5, 0.6) is 5.75 Å². The molecule has 1 fully saturated rings. The number of ether oxygens (including phenoxy) is 1. The average molecular weight is 444 g/mol. The lowest BCUT2D eigenvalue weighted by atomic mass is 10.2. The molecule has 1 N–H and O–H groups in total. The Bertz CT molecular complexity index is 996. The standard InChI is InChI=1S/C18H16Cl2FN3O3S/c19-12-1-6-17(20)18(7-12)28(25,26)23-14-8-15(24(9-14)11-22)10-27-16-4-2-13(21)3-5-16/h1-7,14-15,23H,8-10H2/t14-,15-/m1/s1. The Hall–Kier alpha value is -2.05. The van der Waals surface area contributed by atoms with Crippen LogP contribution in [-0.4, -0.2) is 38.6 Å². The predicted molar refractivity (Wildman–Crippen MR) is 103 cm³/mol. The molecule has 0 saturated carbocycles. The van der Waals surface area contributed by atoms with Gasteiger partial charge in [-0.3, -0.25) is 0 Å². The number of likely N-dealkylation sites (tertiary alicyclic amines) is 1. The second kappa shape index (κ2) is 8.53. The zero-order chi connectivity index (χ0) is 20.3. The van der Waals surface area contributed by atoms with E-state index in [1.54, 1.807) is 0 Å². The maximum absolute atomic E-state index is 13.0.